The molecule has 0 atom stereocenters. The van der Waals surface area contributed by atoms with Crippen molar-refractivity contribution in [1.82, 2.24) is 9.97 Å². The molecule has 1 aliphatic rings. The van der Waals surface area contributed by atoms with Crippen LogP contribution in [0.1, 0.15) is 32.1 Å². The van der Waals surface area contributed by atoms with Gasteiger partial charge in [-0.2, -0.15) is 11.8 Å². The second kappa shape index (κ2) is 5.91. The van der Waals surface area contributed by atoms with Crippen LogP contribution >= 0.6 is 23.4 Å². The molecule has 1 N–H and O–H groups in total. The number of halogens is 1. The van der Waals surface area contributed by atoms with Gasteiger partial charge < -0.3 is 5.32 Å². The van der Waals surface area contributed by atoms with E-state index >= 15 is 0 Å². The molecule has 0 aromatic carbocycles. The highest BCUT2D eigenvalue weighted by Crippen LogP contribution is 2.38. The van der Waals surface area contributed by atoms with Crippen molar-refractivity contribution in [3.8, 4) is 0 Å². The van der Waals surface area contributed by atoms with Crippen molar-refractivity contribution in [2.24, 2.45) is 0 Å². The summed E-state index contributed by atoms with van der Waals surface area (Å²) in [7, 11) is 0. The summed E-state index contributed by atoms with van der Waals surface area (Å²) in [5, 5.41) is 3.97. The zero-order valence-electron chi connectivity index (χ0n) is 10.1. The molecule has 0 spiro atoms. The van der Waals surface area contributed by atoms with Gasteiger partial charge in [-0.25, -0.2) is 9.97 Å². The van der Waals surface area contributed by atoms with E-state index in [4.69, 9.17) is 11.6 Å². The van der Waals surface area contributed by atoms with Crippen molar-refractivity contribution >= 4 is 29.2 Å². The summed E-state index contributed by atoms with van der Waals surface area (Å²) in [5.41, 5.74) is 0. The Bertz CT molecular complexity index is 367. The Morgan fingerprint density at radius 2 is 2.18 bits per heavy atom. The normalized spacial score (nSPS) is 18.9. The van der Waals surface area contributed by atoms with Crippen molar-refractivity contribution in [3.63, 3.8) is 0 Å². The zero-order valence-corrected chi connectivity index (χ0v) is 11.7. The molecule has 3 nitrogen and oxygen atoms in total. The Labute approximate surface area is 112 Å². The summed E-state index contributed by atoms with van der Waals surface area (Å²) in [6.45, 7) is 0.935. The highest BCUT2D eigenvalue weighted by atomic mass is 35.5. The van der Waals surface area contributed by atoms with E-state index in [1.54, 1.807) is 6.20 Å². The third kappa shape index (κ3) is 3.26. The first-order valence-electron chi connectivity index (χ1n) is 6.00. The standard InChI is InChI=1S/C12H18ClN3S/c1-17-12(5-3-2-4-6-12)8-15-11-10(13)7-14-9-16-11/h7,9H,2-6,8H2,1H3,(H,14,15,16). The zero-order chi connectivity index (χ0) is 12.1. The van der Waals surface area contributed by atoms with Crippen molar-refractivity contribution in [2.75, 3.05) is 18.1 Å². The second-order valence-corrected chi connectivity index (χ2v) is 6.20. The van der Waals surface area contributed by atoms with E-state index in [0.717, 1.165) is 12.4 Å². The molecule has 0 aliphatic heterocycles. The van der Waals surface area contributed by atoms with Gasteiger partial charge in [0, 0.05) is 11.3 Å². The van der Waals surface area contributed by atoms with E-state index in [1.165, 1.54) is 38.4 Å². The van der Waals surface area contributed by atoms with Gasteiger partial charge in [0.15, 0.2) is 0 Å². The van der Waals surface area contributed by atoms with Crippen molar-refractivity contribution < 1.29 is 0 Å². The predicted molar refractivity (Wildman–Crippen MR) is 74.9 cm³/mol. The van der Waals surface area contributed by atoms with Crippen LogP contribution in [0.15, 0.2) is 12.5 Å². The maximum Gasteiger partial charge on any atom is 0.148 e. The van der Waals surface area contributed by atoms with Crippen LogP contribution in [0.4, 0.5) is 5.82 Å². The van der Waals surface area contributed by atoms with E-state index in [-0.39, 0.29) is 0 Å². The minimum atomic E-state index is 0.354. The molecule has 1 aromatic rings. The second-order valence-electron chi connectivity index (χ2n) is 4.52. The minimum absolute atomic E-state index is 0.354. The molecule has 0 amide bonds. The van der Waals surface area contributed by atoms with Crippen LogP contribution in [0.2, 0.25) is 5.02 Å². The minimum Gasteiger partial charge on any atom is -0.367 e. The Morgan fingerprint density at radius 1 is 1.41 bits per heavy atom. The topological polar surface area (TPSA) is 37.8 Å². The maximum absolute atomic E-state index is 6.04. The molecule has 0 radical (unpaired) electrons. The van der Waals surface area contributed by atoms with Crippen LogP contribution in [-0.4, -0.2) is 27.5 Å². The molecule has 0 unspecified atom stereocenters. The van der Waals surface area contributed by atoms with Crippen molar-refractivity contribution in [2.45, 2.75) is 36.9 Å². The van der Waals surface area contributed by atoms with Gasteiger partial charge in [-0.15, -0.1) is 0 Å². The number of nitrogens with one attached hydrogen (secondary N) is 1. The maximum atomic E-state index is 6.04. The van der Waals surface area contributed by atoms with Gasteiger partial charge >= 0.3 is 0 Å². The monoisotopic (exact) mass is 271 g/mol. The highest BCUT2D eigenvalue weighted by Gasteiger charge is 2.31. The van der Waals surface area contributed by atoms with Crippen LogP contribution in [0.3, 0.4) is 0 Å². The molecule has 0 bridgehead atoms. The number of rotatable bonds is 4. The predicted octanol–water partition coefficient (Wildman–Crippen LogP) is 3.61. The first kappa shape index (κ1) is 13.0. The van der Waals surface area contributed by atoms with E-state index in [1.807, 2.05) is 11.8 Å². The van der Waals surface area contributed by atoms with Crippen molar-refractivity contribution in [3.05, 3.63) is 17.5 Å². The van der Waals surface area contributed by atoms with Crippen LogP contribution in [0.5, 0.6) is 0 Å². The molecular formula is C12H18ClN3S. The molecule has 5 heteroatoms. The van der Waals surface area contributed by atoms with Gasteiger partial charge in [0.1, 0.15) is 17.2 Å². The van der Waals surface area contributed by atoms with Gasteiger partial charge in [0.05, 0.1) is 6.20 Å². The van der Waals surface area contributed by atoms with Crippen molar-refractivity contribution in [1.29, 1.82) is 0 Å². The third-order valence-electron chi connectivity index (χ3n) is 3.44. The van der Waals surface area contributed by atoms with Crippen LogP contribution in [0.25, 0.3) is 0 Å². The lowest BCUT2D eigenvalue weighted by Crippen LogP contribution is -2.35. The Kier molecular flexibility index (Phi) is 4.51. The average Bonchev–Trinajstić information content (AvgIpc) is 2.39. The molecular weight excluding hydrogens is 254 g/mol. The SMILES string of the molecule is CSC1(CNc2ncncc2Cl)CCCCC1. The smallest absolute Gasteiger partial charge is 0.148 e. The number of nitrogens with zero attached hydrogens (tertiary/aromatic N) is 2. The largest absolute Gasteiger partial charge is 0.367 e. The van der Waals surface area contributed by atoms with Gasteiger partial charge in [0.2, 0.25) is 0 Å². The lowest BCUT2D eigenvalue weighted by molar-refractivity contribution is 0.411. The lowest BCUT2D eigenvalue weighted by atomic mass is 9.88. The van der Waals surface area contributed by atoms with Crippen LogP contribution in [-0.2, 0) is 0 Å². The third-order valence-corrected chi connectivity index (χ3v) is 5.14. The molecule has 17 heavy (non-hydrogen) atoms. The van der Waals surface area contributed by atoms with E-state index in [9.17, 15) is 0 Å². The number of hydrogen-bond donors (Lipinski definition) is 1. The van der Waals surface area contributed by atoms with Crippen LogP contribution < -0.4 is 5.32 Å². The molecule has 0 saturated heterocycles. The first-order valence-corrected chi connectivity index (χ1v) is 7.61. The number of hydrogen-bond acceptors (Lipinski definition) is 4. The lowest BCUT2D eigenvalue weighted by Gasteiger charge is -2.36. The molecule has 94 valence electrons. The fourth-order valence-electron chi connectivity index (χ4n) is 2.34. The quantitative estimate of drug-likeness (QED) is 0.908. The number of thioether (sulfide) groups is 1. The molecule has 1 aliphatic carbocycles. The van der Waals surface area contributed by atoms with E-state index in [2.05, 4.69) is 21.5 Å². The average molecular weight is 272 g/mol. The summed E-state index contributed by atoms with van der Waals surface area (Å²) in [4.78, 5) is 8.05. The molecule has 1 saturated carbocycles. The summed E-state index contributed by atoms with van der Waals surface area (Å²) in [6, 6.07) is 0. The van der Waals surface area contributed by atoms with Gasteiger partial charge in [-0.1, -0.05) is 30.9 Å². The van der Waals surface area contributed by atoms with E-state index < -0.39 is 0 Å². The molecule has 1 fully saturated rings. The fourth-order valence-corrected chi connectivity index (χ4v) is 3.42. The van der Waals surface area contributed by atoms with Crippen LogP contribution in [0, 0.1) is 0 Å². The summed E-state index contributed by atoms with van der Waals surface area (Å²) in [6.07, 6.45) is 12.0. The Balaban J connectivity index is 1.98. The summed E-state index contributed by atoms with van der Waals surface area (Å²) >= 11 is 8.01. The summed E-state index contributed by atoms with van der Waals surface area (Å²) < 4.78 is 0.354. The molecule has 1 heterocycles. The Morgan fingerprint density at radius 3 is 2.82 bits per heavy atom. The molecule has 2 rings (SSSR count). The van der Waals surface area contributed by atoms with Gasteiger partial charge in [0.25, 0.3) is 0 Å². The fraction of sp³-hybridized carbons (Fsp3) is 0.667. The first-order chi connectivity index (χ1) is 8.26. The number of anilines is 1. The van der Waals surface area contributed by atoms with Gasteiger partial charge in [-0.05, 0) is 19.1 Å². The highest BCUT2D eigenvalue weighted by molar-refractivity contribution is 8.00. The number of aromatic nitrogens is 2. The van der Waals surface area contributed by atoms with E-state index in [0.29, 0.717) is 9.77 Å². The molecule has 1 aromatic heterocycles. The van der Waals surface area contributed by atoms with Gasteiger partial charge in [-0.3, -0.25) is 0 Å². The Hall–Kier alpha value is -0.480. The summed E-state index contributed by atoms with van der Waals surface area (Å²) in [5.74, 6) is 0.751.